The first kappa shape index (κ1) is 36.2. The number of aliphatic hydroxyl groups is 1. The van der Waals surface area contributed by atoms with E-state index in [9.17, 15) is 62.6 Å². The van der Waals surface area contributed by atoms with Gasteiger partial charge < -0.3 is 14.6 Å². The minimum Gasteiger partial charge on any atom is -0.438 e. The second kappa shape index (κ2) is 11.4. The fourth-order valence-electron chi connectivity index (χ4n) is 12.6. The molecule has 8 bridgehead atoms. The summed E-state index contributed by atoms with van der Waals surface area (Å²) in [5, 5.41) is 9.48. The molecule has 6 fully saturated rings. The zero-order chi connectivity index (χ0) is 36.6. The molecule has 0 amide bonds. The highest BCUT2D eigenvalue weighted by Gasteiger charge is 2.76. The van der Waals surface area contributed by atoms with E-state index in [-0.39, 0.29) is 41.4 Å². The molecule has 16 heteroatoms. The van der Waals surface area contributed by atoms with E-state index in [1.165, 1.54) is 0 Å². The molecule has 50 heavy (non-hydrogen) atoms. The lowest BCUT2D eigenvalue weighted by molar-refractivity contribution is -0.374. The molecular formula is C34H38F12O4. The lowest BCUT2D eigenvalue weighted by Gasteiger charge is -2.42. The summed E-state index contributed by atoms with van der Waals surface area (Å²) < 4.78 is 167. The number of carbonyl (C=O) groups excluding carboxylic acids is 1. The molecular weight excluding hydrogens is 700 g/mol. The Bertz CT molecular complexity index is 1370. The van der Waals surface area contributed by atoms with Crippen molar-refractivity contribution >= 4 is 6.16 Å². The summed E-state index contributed by atoms with van der Waals surface area (Å²) in [6.07, 6.45) is -14.9. The van der Waals surface area contributed by atoms with Crippen LogP contribution in [-0.4, -0.2) is 54.3 Å². The van der Waals surface area contributed by atoms with Gasteiger partial charge >= 0.3 is 36.5 Å². The molecule has 6 saturated carbocycles. The van der Waals surface area contributed by atoms with Crippen LogP contribution in [0.2, 0.25) is 0 Å². The van der Waals surface area contributed by atoms with Crippen molar-refractivity contribution in [2.45, 2.75) is 87.3 Å². The van der Waals surface area contributed by atoms with E-state index >= 15 is 0 Å². The molecule has 0 aromatic carbocycles. The van der Waals surface area contributed by atoms with Crippen molar-refractivity contribution < 1.29 is 72.1 Å². The van der Waals surface area contributed by atoms with Crippen LogP contribution in [0.3, 0.4) is 0 Å². The maximum Gasteiger partial charge on any atom is 0.509 e. The van der Waals surface area contributed by atoms with Crippen LogP contribution in [-0.2, 0) is 9.47 Å². The first-order valence-electron chi connectivity index (χ1n) is 17.1. The first-order valence-corrected chi connectivity index (χ1v) is 17.1. The van der Waals surface area contributed by atoms with Crippen molar-refractivity contribution in [3.05, 3.63) is 24.3 Å². The van der Waals surface area contributed by atoms with Gasteiger partial charge in [0, 0.05) is 6.42 Å². The van der Waals surface area contributed by atoms with Crippen LogP contribution >= 0.6 is 0 Å². The second-order valence-corrected chi connectivity index (χ2v) is 16.2. The van der Waals surface area contributed by atoms with Gasteiger partial charge in [-0.15, -0.1) is 0 Å². The van der Waals surface area contributed by atoms with Gasteiger partial charge in [0.25, 0.3) is 5.60 Å². The molecule has 0 radical (unpaired) electrons. The molecule has 8 rings (SSSR count). The van der Waals surface area contributed by atoms with Gasteiger partial charge in [-0.25, -0.2) is 4.79 Å². The quantitative estimate of drug-likeness (QED) is 0.132. The summed E-state index contributed by atoms with van der Waals surface area (Å²) in [5.41, 5.74) is -9.12. The molecule has 0 aliphatic heterocycles. The Kier molecular flexibility index (Phi) is 8.29. The van der Waals surface area contributed by atoms with Crippen LogP contribution < -0.4 is 0 Å². The Hall–Kier alpha value is -2.13. The number of hydrogen-bond donors (Lipinski definition) is 1. The smallest absolute Gasteiger partial charge is 0.438 e. The van der Waals surface area contributed by atoms with E-state index in [2.05, 4.69) is 33.8 Å². The number of ether oxygens (including phenoxy) is 2. The van der Waals surface area contributed by atoms with Crippen molar-refractivity contribution in [2.75, 3.05) is 7.11 Å². The minimum absolute atomic E-state index is 0.110. The number of carbonyl (C=O) groups is 1. The number of alkyl halides is 12. The van der Waals surface area contributed by atoms with Crippen molar-refractivity contribution in [2.24, 2.45) is 82.9 Å². The molecule has 0 aromatic heterocycles. The average molecular weight is 739 g/mol. The largest absolute Gasteiger partial charge is 0.509 e. The third kappa shape index (κ3) is 5.23. The van der Waals surface area contributed by atoms with Crippen molar-refractivity contribution in [3.63, 3.8) is 0 Å². The van der Waals surface area contributed by atoms with Crippen LogP contribution in [0, 0.1) is 82.9 Å². The number of rotatable bonds is 5. The molecule has 14 atom stereocenters. The summed E-state index contributed by atoms with van der Waals surface area (Å²) >= 11 is 0. The maximum absolute atomic E-state index is 13.6. The van der Waals surface area contributed by atoms with Gasteiger partial charge in [-0.05, 0) is 128 Å². The zero-order valence-electron chi connectivity index (χ0n) is 26.8. The van der Waals surface area contributed by atoms with E-state index in [0.717, 1.165) is 19.3 Å². The fourth-order valence-corrected chi connectivity index (χ4v) is 12.6. The molecule has 0 heterocycles. The SMILES string of the molecule is COC(=O)OC(CC1CC2CC1C1C3C=CC(C3)C21)(C(F)(F)F)C(F)(F)F.OC(CC1CC2CC1C1C3C=CC(C3)C21)(C(F)(F)F)C(F)(F)F. The van der Waals surface area contributed by atoms with Crippen molar-refractivity contribution in [3.8, 4) is 0 Å². The fraction of sp³-hybridized carbons (Fsp3) is 0.853. The van der Waals surface area contributed by atoms with Crippen molar-refractivity contribution in [1.82, 2.24) is 0 Å². The molecule has 4 nitrogen and oxygen atoms in total. The molecule has 1 N–H and O–H groups in total. The monoisotopic (exact) mass is 738 g/mol. The third-order valence-electron chi connectivity index (χ3n) is 14.2. The lowest BCUT2D eigenvalue weighted by Crippen LogP contribution is -2.61. The number of methoxy groups -OCH3 is 1. The van der Waals surface area contributed by atoms with E-state index in [4.69, 9.17) is 0 Å². The van der Waals surface area contributed by atoms with Gasteiger partial charge in [0.1, 0.15) is 0 Å². The number of allylic oxidation sites excluding steroid dienone is 4. The molecule has 0 spiro atoms. The van der Waals surface area contributed by atoms with E-state index in [1.807, 2.05) is 0 Å². The average Bonchev–Trinajstić information content (AvgIpc) is 3.83. The van der Waals surface area contributed by atoms with E-state index in [1.54, 1.807) is 0 Å². The highest BCUT2D eigenvalue weighted by atomic mass is 19.4. The Morgan fingerprint density at radius 1 is 0.580 bits per heavy atom. The van der Waals surface area contributed by atoms with Gasteiger partial charge in [-0.2, -0.15) is 52.7 Å². The summed E-state index contributed by atoms with van der Waals surface area (Å²) in [6, 6.07) is 0. The van der Waals surface area contributed by atoms with Gasteiger partial charge in [-0.1, -0.05) is 24.3 Å². The Morgan fingerprint density at radius 3 is 1.32 bits per heavy atom. The predicted molar refractivity (Wildman–Crippen MR) is 149 cm³/mol. The van der Waals surface area contributed by atoms with Gasteiger partial charge in [-0.3, -0.25) is 0 Å². The summed E-state index contributed by atoms with van der Waals surface area (Å²) in [6.45, 7) is 0. The second-order valence-electron chi connectivity index (χ2n) is 16.2. The predicted octanol–water partition coefficient (Wildman–Crippen LogP) is 9.44. The third-order valence-corrected chi connectivity index (χ3v) is 14.2. The Balaban J connectivity index is 0.000000159. The van der Waals surface area contributed by atoms with Crippen LogP contribution in [0.5, 0.6) is 0 Å². The maximum atomic E-state index is 13.6. The lowest BCUT2D eigenvalue weighted by atomic mass is 9.67. The summed E-state index contributed by atoms with van der Waals surface area (Å²) in [7, 11) is 0.684. The van der Waals surface area contributed by atoms with Crippen molar-refractivity contribution in [1.29, 1.82) is 0 Å². The number of fused-ring (bicyclic) bond motifs is 18. The zero-order valence-corrected chi connectivity index (χ0v) is 26.8. The van der Waals surface area contributed by atoms with Crippen LogP contribution in [0.25, 0.3) is 0 Å². The molecule has 0 saturated heterocycles. The normalized spacial score (nSPS) is 42.2. The van der Waals surface area contributed by atoms with Gasteiger partial charge in [0.05, 0.1) is 7.11 Å². The van der Waals surface area contributed by atoms with Crippen LogP contribution in [0.4, 0.5) is 57.5 Å². The molecule has 8 aliphatic carbocycles. The summed E-state index contributed by atoms with van der Waals surface area (Å²) in [4.78, 5) is 11.3. The highest BCUT2D eigenvalue weighted by molar-refractivity contribution is 5.60. The standard InChI is InChI=1S/C18H20F6O3.C16H18F6O/c1-26-15(25)27-16(17(19,20)21,18(22,23)24)7-11-5-10-6-12(11)14-9-3-2-8(4-9)13(10)14;17-15(18,19)14(23,16(20,21)22)6-10-4-9-5-11(10)13-8-2-1-7(3-8)12(9)13/h2-3,8-14H,4-7H2,1H3;1-2,7-13,23H,3-6H2. The van der Waals surface area contributed by atoms with Crippen LogP contribution in [0.1, 0.15) is 51.4 Å². The summed E-state index contributed by atoms with van der Waals surface area (Å²) in [5.74, 6) is 1.25. The Morgan fingerprint density at radius 2 is 0.960 bits per heavy atom. The van der Waals surface area contributed by atoms with Gasteiger partial charge in [0.15, 0.2) is 0 Å². The first-order chi connectivity index (χ1) is 23.0. The topological polar surface area (TPSA) is 55.8 Å². The molecule has 0 aromatic rings. The number of halogens is 12. The molecule has 14 unspecified atom stereocenters. The number of hydrogen-bond acceptors (Lipinski definition) is 4. The minimum atomic E-state index is -5.78. The highest BCUT2D eigenvalue weighted by Crippen LogP contribution is 2.70. The van der Waals surface area contributed by atoms with E-state index < -0.39 is 66.7 Å². The van der Waals surface area contributed by atoms with Gasteiger partial charge in [0.2, 0.25) is 0 Å². The van der Waals surface area contributed by atoms with E-state index in [0.29, 0.717) is 56.0 Å². The van der Waals surface area contributed by atoms with Crippen LogP contribution in [0.15, 0.2) is 24.3 Å². The molecule has 282 valence electrons. The Labute approximate surface area is 280 Å². The molecule has 8 aliphatic rings.